The Kier molecular flexibility index (Phi) is 8.58. The number of halogens is 1. The molecule has 3 rings (SSSR count). The second-order valence-electron chi connectivity index (χ2n) is 8.39. The molecule has 1 aromatic carbocycles. The van der Waals surface area contributed by atoms with Crippen molar-refractivity contribution in [2.24, 2.45) is 17.4 Å². The van der Waals surface area contributed by atoms with Gasteiger partial charge in [-0.3, -0.25) is 9.69 Å². The van der Waals surface area contributed by atoms with Crippen molar-refractivity contribution >= 4 is 27.5 Å². The summed E-state index contributed by atoms with van der Waals surface area (Å²) >= 11 is 5.87. The molecule has 0 aromatic heterocycles. The van der Waals surface area contributed by atoms with Crippen LogP contribution in [0.15, 0.2) is 65.4 Å². The molecular formula is C23H32ClN5O3S. The van der Waals surface area contributed by atoms with E-state index in [2.05, 4.69) is 11.5 Å². The molecule has 10 heteroatoms. The van der Waals surface area contributed by atoms with Crippen LogP contribution < -0.4 is 11.5 Å². The van der Waals surface area contributed by atoms with Crippen molar-refractivity contribution in [3.63, 3.8) is 0 Å². The Morgan fingerprint density at radius 3 is 2.24 bits per heavy atom. The summed E-state index contributed by atoms with van der Waals surface area (Å²) in [5.74, 6) is 0.0776. The number of piperidine rings is 1. The van der Waals surface area contributed by atoms with Gasteiger partial charge in [-0.15, -0.1) is 0 Å². The number of carbonyl (C=O) groups excluding carboxylic acids is 1. The van der Waals surface area contributed by atoms with Crippen LogP contribution in [-0.2, 0) is 14.8 Å². The van der Waals surface area contributed by atoms with E-state index >= 15 is 0 Å². The molecule has 33 heavy (non-hydrogen) atoms. The second-order valence-corrected chi connectivity index (χ2v) is 10.8. The first-order chi connectivity index (χ1) is 15.7. The van der Waals surface area contributed by atoms with Crippen molar-refractivity contribution in [2.75, 3.05) is 45.8 Å². The summed E-state index contributed by atoms with van der Waals surface area (Å²) in [5, 5.41) is 0.489. The second kappa shape index (κ2) is 11.2. The maximum atomic E-state index is 13.1. The Bertz CT molecular complexity index is 1010. The number of piperazine rings is 1. The third-order valence-electron chi connectivity index (χ3n) is 6.03. The lowest BCUT2D eigenvalue weighted by molar-refractivity contribution is -0.138. The third kappa shape index (κ3) is 6.60. The van der Waals surface area contributed by atoms with Crippen molar-refractivity contribution in [1.82, 2.24) is 14.1 Å². The Morgan fingerprint density at radius 2 is 1.70 bits per heavy atom. The van der Waals surface area contributed by atoms with Crippen LogP contribution in [0.3, 0.4) is 0 Å². The van der Waals surface area contributed by atoms with Gasteiger partial charge in [0.15, 0.2) is 0 Å². The van der Waals surface area contributed by atoms with Crippen molar-refractivity contribution in [1.29, 1.82) is 0 Å². The molecule has 2 fully saturated rings. The number of hydrogen-bond donors (Lipinski definition) is 2. The molecule has 0 aliphatic carbocycles. The van der Waals surface area contributed by atoms with E-state index in [1.165, 1.54) is 22.6 Å². The predicted octanol–water partition coefficient (Wildman–Crippen LogP) is 1.76. The highest BCUT2D eigenvalue weighted by molar-refractivity contribution is 7.89. The molecule has 1 amide bonds. The van der Waals surface area contributed by atoms with E-state index in [-0.39, 0.29) is 29.8 Å². The van der Waals surface area contributed by atoms with Crippen LogP contribution in [0.2, 0.25) is 5.02 Å². The first-order valence-electron chi connectivity index (χ1n) is 11.0. The van der Waals surface area contributed by atoms with Gasteiger partial charge in [0.25, 0.3) is 0 Å². The molecule has 0 saturated carbocycles. The number of sulfonamides is 1. The number of likely N-dealkylation sites (tertiary alicyclic amines) is 1. The lowest BCUT2D eigenvalue weighted by atomic mass is 9.94. The predicted molar refractivity (Wildman–Crippen MR) is 131 cm³/mol. The summed E-state index contributed by atoms with van der Waals surface area (Å²) in [6.45, 7) is 7.39. The Labute approximate surface area is 201 Å². The van der Waals surface area contributed by atoms with Gasteiger partial charge in [-0.1, -0.05) is 18.2 Å². The maximum absolute atomic E-state index is 13.1. The van der Waals surface area contributed by atoms with E-state index in [1.807, 2.05) is 6.08 Å². The molecule has 0 bridgehead atoms. The summed E-state index contributed by atoms with van der Waals surface area (Å²) in [6, 6.07) is 6.16. The van der Waals surface area contributed by atoms with Crippen molar-refractivity contribution in [2.45, 2.75) is 17.7 Å². The maximum Gasteiger partial charge on any atom is 0.243 e. The van der Waals surface area contributed by atoms with E-state index < -0.39 is 10.0 Å². The molecule has 180 valence electrons. The van der Waals surface area contributed by atoms with E-state index in [0.29, 0.717) is 30.4 Å². The topological polar surface area (TPSA) is 113 Å². The third-order valence-corrected chi connectivity index (χ3v) is 8.19. The van der Waals surface area contributed by atoms with E-state index in [1.54, 1.807) is 23.1 Å². The van der Waals surface area contributed by atoms with Crippen molar-refractivity contribution in [3.05, 3.63) is 65.5 Å². The molecule has 0 spiro atoms. The SMILES string of the molecule is C=C(N)/C=C(\C=C/N)CN1CCC(C(=O)N2CCN(S(=O)(=O)c3ccc(Cl)cc3)CC2)CC1. The van der Waals surface area contributed by atoms with Gasteiger partial charge in [0, 0.05) is 49.4 Å². The number of hydrogen-bond acceptors (Lipinski definition) is 6. The van der Waals surface area contributed by atoms with Crippen LogP contribution >= 0.6 is 11.6 Å². The van der Waals surface area contributed by atoms with Gasteiger partial charge < -0.3 is 16.4 Å². The highest BCUT2D eigenvalue weighted by Crippen LogP contribution is 2.24. The summed E-state index contributed by atoms with van der Waals surface area (Å²) in [6.07, 6.45) is 6.64. The van der Waals surface area contributed by atoms with Crippen LogP contribution in [0.4, 0.5) is 0 Å². The fourth-order valence-electron chi connectivity index (χ4n) is 4.27. The molecule has 8 nitrogen and oxygen atoms in total. The van der Waals surface area contributed by atoms with Crippen molar-refractivity contribution < 1.29 is 13.2 Å². The number of nitrogens with zero attached hydrogens (tertiary/aromatic N) is 3. The summed E-state index contributed by atoms with van der Waals surface area (Å²) in [7, 11) is -3.59. The zero-order valence-electron chi connectivity index (χ0n) is 18.7. The van der Waals surface area contributed by atoms with Gasteiger partial charge >= 0.3 is 0 Å². The van der Waals surface area contributed by atoms with Gasteiger partial charge in [-0.25, -0.2) is 8.42 Å². The van der Waals surface area contributed by atoms with Crippen LogP contribution in [0.1, 0.15) is 12.8 Å². The average Bonchev–Trinajstić information content (AvgIpc) is 2.79. The number of benzene rings is 1. The number of rotatable bonds is 7. The first-order valence-corrected chi connectivity index (χ1v) is 12.8. The Hall–Kier alpha value is -2.33. The summed E-state index contributed by atoms with van der Waals surface area (Å²) in [4.78, 5) is 17.3. The highest BCUT2D eigenvalue weighted by atomic mass is 35.5. The fourth-order valence-corrected chi connectivity index (χ4v) is 5.82. The minimum absolute atomic E-state index is 0.0392. The van der Waals surface area contributed by atoms with Gasteiger partial charge in [-0.2, -0.15) is 4.31 Å². The smallest absolute Gasteiger partial charge is 0.243 e. The minimum atomic E-state index is -3.59. The molecule has 2 saturated heterocycles. The summed E-state index contributed by atoms with van der Waals surface area (Å²) in [5.41, 5.74) is 12.7. The Morgan fingerprint density at radius 1 is 1.09 bits per heavy atom. The monoisotopic (exact) mass is 493 g/mol. The molecule has 2 aliphatic rings. The molecule has 1 aromatic rings. The fraction of sp³-hybridized carbons (Fsp3) is 0.435. The molecule has 0 radical (unpaired) electrons. The molecule has 2 aliphatic heterocycles. The number of nitrogens with two attached hydrogens (primary N) is 2. The van der Waals surface area contributed by atoms with Crippen LogP contribution in [-0.4, -0.2) is 74.2 Å². The molecule has 0 unspecified atom stereocenters. The van der Waals surface area contributed by atoms with Crippen LogP contribution in [0.25, 0.3) is 0 Å². The normalized spacial score (nSPS) is 19.8. The lowest BCUT2D eigenvalue weighted by Crippen LogP contribution is -2.52. The zero-order chi connectivity index (χ0) is 24.0. The number of carbonyl (C=O) groups is 1. The quantitative estimate of drug-likeness (QED) is 0.559. The number of allylic oxidation sites excluding steroid dienone is 1. The minimum Gasteiger partial charge on any atom is -0.405 e. The van der Waals surface area contributed by atoms with E-state index in [0.717, 1.165) is 31.5 Å². The van der Waals surface area contributed by atoms with Crippen molar-refractivity contribution in [3.8, 4) is 0 Å². The molecule has 2 heterocycles. The lowest BCUT2D eigenvalue weighted by Gasteiger charge is -2.38. The number of amides is 1. The van der Waals surface area contributed by atoms with Gasteiger partial charge in [0.2, 0.25) is 15.9 Å². The average molecular weight is 494 g/mol. The molecular weight excluding hydrogens is 462 g/mol. The summed E-state index contributed by atoms with van der Waals surface area (Å²) < 4.78 is 27.2. The van der Waals surface area contributed by atoms with Gasteiger partial charge in [0.1, 0.15) is 0 Å². The van der Waals surface area contributed by atoms with E-state index in [9.17, 15) is 13.2 Å². The van der Waals surface area contributed by atoms with Gasteiger partial charge in [-0.05, 0) is 74.1 Å². The largest absolute Gasteiger partial charge is 0.405 e. The zero-order valence-corrected chi connectivity index (χ0v) is 20.3. The standard InChI is InChI=1S/C23H32ClN5O3S/c1-18(26)16-19(6-9-25)17-27-10-7-20(8-11-27)23(30)28-12-14-29(15-13-28)33(31,32)22-4-2-21(24)3-5-22/h2-6,9,16,20H,1,7-8,10-15,17,25-26H2/b9-6-,19-16+. The van der Waals surface area contributed by atoms with Crippen LogP contribution in [0.5, 0.6) is 0 Å². The first kappa shape index (κ1) is 25.3. The molecule has 4 N–H and O–H groups in total. The van der Waals surface area contributed by atoms with E-state index in [4.69, 9.17) is 23.1 Å². The highest BCUT2D eigenvalue weighted by Gasteiger charge is 2.33. The molecule has 0 atom stereocenters. The van der Waals surface area contributed by atoms with Gasteiger partial charge in [0.05, 0.1) is 4.90 Å². The Balaban J connectivity index is 1.50. The van der Waals surface area contributed by atoms with Crippen LogP contribution in [0, 0.1) is 5.92 Å².